The lowest BCUT2D eigenvalue weighted by Gasteiger charge is -2.12. The van der Waals surface area contributed by atoms with Crippen molar-refractivity contribution >= 4 is 5.97 Å². The van der Waals surface area contributed by atoms with E-state index in [2.05, 4.69) is 19.9 Å². The summed E-state index contributed by atoms with van der Waals surface area (Å²) in [7, 11) is 0. The van der Waals surface area contributed by atoms with Gasteiger partial charge in [0.05, 0.1) is 5.56 Å². The summed E-state index contributed by atoms with van der Waals surface area (Å²) >= 11 is 0. The van der Waals surface area contributed by atoms with Crippen LogP contribution < -0.4 is 0 Å². The maximum Gasteiger partial charge on any atom is 0.335 e. The maximum absolute atomic E-state index is 11.4. The van der Waals surface area contributed by atoms with Gasteiger partial charge in [-0.05, 0) is 41.5 Å². The minimum Gasteiger partial charge on any atom is -0.478 e. The minimum atomic E-state index is -0.851. The van der Waals surface area contributed by atoms with Crippen molar-refractivity contribution in [2.24, 2.45) is 5.92 Å². The zero-order valence-corrected chi connectivity index (χ0v) is 12.7. The number of rotatable bonds is 6. The molecule has 110 valence electrons. The number of hydrogen-bond acceptors (Lipinski definition) is 1. The molecule has 0 saturated carbocycles. The second-order valence-electron chi connectivity index (χ2n) is 5.68. The summed E-state index contributed by atoms with van der Waals surface area (Å²) in [5.41, 5.74) is 3.67. The highest BCUT2D eigenvalue weighted by Crippen LogP contribution is 2.19. The van der Waals surface area contributed by atoms with E-state index in [-0.39, 0.29) is 0 Å². The van der Waals surface area contributed by atoms with Crippen molar-refractivity contribution in [3.8, 4) is 0 Å². The molecule has 2 heteroatoms. The summed E-state index contributed by atoms with van der Waals surface area (Å²) in [4.78, 5) is 11.4. The topological polar surface area (TPSA) is 37.3 Å². The third kappa shape index (κ3) is 4.19. The predicted molar refractivity (Wildman–Crippen MR) is 85.8 cm³/mol. The predicted octanol–water partition coefficient (Wildman–Crippen LogP) is 4.56. The van der Waals surface area contributed by atoms with E-state index in [1.165, 1.54) is 5.56 Å². The Balaban J connectivity index is 2.31. The molecule has 2 nitrogen and oxygen atoms in total. The molecule has 2 aromatic carbocycles. The van der Waals surface area contributed by atoms with Crippen molar-refractivity contribution in [2.75, 3.05) is 0 Å². The van der Waals surface area contributed by atoms with Crippen molar-refractivity contribution in [1.29, 1.82) is 0 Å². The van der Waals surface area contributed by atoms with Crippen LogP contribution in [-0.2, 0) is 12.8 Å². The fraction of sp³-hybridized carbons (Fsp3) is 0.316. The van der Waals surface area contributed by atoms with Crippen LogP contribution in [0.4, 0.5) is 0 Å². The zero-order valence-electron chi connectivity index (χ0n) is 12.7. The van der Waals surface area contributed by atoms with Crippen LogP contribution in [0, 0.1) is 5.92 Å². The third-order valence-corrected chi connectivity index (χ3v) is 3.92. The molecule has 2 aromatic rings. The fourth-order valence-corrected chi connectivity index (χ4v) is 2.49. The number of hydrogen-bond donors (Lipinski definition) is 1. The molecule has 0 aliphatic heterocycles. The largest absolute Gasteiger partial charge is 0.478 e. The molecule has 0 aromatic heterocycles. The molecule has 0 fully saturated rings. The van der Waals surface area contributed by atoms with Gasteiger partial charge in [0.15, 0.2) is 0 Å². The molecular weight excluding hydrogens is 260 g/mol. The molecule has 0 heterocycles. The van der Waals surface area contributed by atoms with Crippen LogP contribution in [0.25, 0.3) is 0 Å². The van der Waals surface area contributed by atoms with Crippen molar-refractivity contribution < 1.29 is 9.90 Å². The molecule has 0 saturated heterocycles. The number of aromatic carboxylic acids is 1. The van der Waals surface area contributed by atoms with Gasteiger partial charge in [0, 0.05) is 0 Å². The summed E-state index contributed by atoms with van der Waals surface area (Å²) < 4.78 is 0. The van der Waals surface area contributed by atoms with Crippen molar-refractivity contribution in [3.63, 3.8) is 0 Å². The summed E-state index contributed by atoms with van der Waals surface area (Å²) in [6.07, 6.45) is 2.80. The Bertz CT molecular complexity index is 602. The van der Waals surface area contributed by atoms with Crippen LogP contribution in [0.5, 0.6) is 0 Å². The fourth-order valence-electron chi connectivity index (χ4n) is 2.49. The Labute approximate surface area is 126 Å². The quantitative estimate of drug-likeness (QED) is 0.843. The lowest BCUT2D eigenvalue weighted by atomic mass is 9.93. The smallest absolute Gasteiger partial charge is 0.335 e. The molecule has 0 aliphatic carbocycles. The summed E-state index contributed by atoms with van der Waals surface area (Å²) in [5.74, 6) is -0.235. The van der Waals surface area contributed by atoms with Gasteiger partial charge >= 0.3 is 5.97 Å². The Morgan fingerprint density at radius 1 is 1.10 bits per heavy atom. The highest BCUT2D eigenvalue weighted by atomic mass is 16.4. The number of carbonyl (C=O) groups is 1. The van der Waals surface area contributed by atoms with Gasteiger partial charge in [0.1, 0.15) is 0 Å². The van der Waals surface area contributed by atoms with Crippen molar-refractivity contribution in [1.82, 2.24) is 0 Å². The Morgan fingerprint density at radius 2 is 1.81 bits per heavy atom. The van der Waals surface area contributed by atoms with Gasteiger partial charge in [-0.3, -0.25) is 0 Å². The molecule has 0 amide bonds. The Kier molecular flexibility index (Phi) is 5.15. The van der Waals surface area contributed by atoms with E-state index in [1.54, 1.807) is 6.07 Å². The van der Waals surface area contributed by atoms with Gasteiger partial charge in [-0.15, -0.1) is 0 Å². The van der Waals surface area contributed by atoms with Crippen LogP contribution in [0.2, 0.25) is 0 Å². The highest BCUT2D eigenvalue weighted by Gasteiger charge is 2.12. The van der Waals surface area contributed by atoms with Gasteiger partial charge in [-0.25, -0.2) is 4.79 Å². The zero-order chi connectivity index (χ0) is 15.2. The maximum atomic E-state index is 11.4. The SMILES string of the molecule is CCC(C)Cc1ccc(C(=O)O)c(Cc2ccccc2)c1. The first-order chi connectivity index (χ1) is 10.1. The molecule has 2 rings (SSSR count). The van der Waals surface area contributed by atoms with Gasteiger partial charge in [-0.2, -0.15) is 0 Å². The van der Waals surface area contributed by atoms with E-state index in [4.69, 9.17) is 0 Å². The van der Waals surface area contributed by atoms with Crippen LogP contribution in [0.15, 0.2) is 48.5 Å². The third-order valence-electron chi connectivity index (χ3n) is 3.92. The second kappa shape index (κ2) is 7.07. The molecule has 21 heavy (non-hydrogen) atoms. The molecule has 1 N–H and O–H groups in total. The summed E-state index contributed by atoms with van der Waals surface area (Å²) in [6.45, 7) is 4.41. The van der Waals surface area contributed by atoms with E-state index in [0.717, 1.165) is 24.0 Å². The average Bonchev–Trinajstić information content (AvgIpc) is 2.48. The first-order valence-corrected chi connectivity index (χ1v) is 7.49. The molecule has 0 aliphatic rings. The number of carboxylic acids is 1. The molecule has 0 spiro atoms. The molecule has 1 atom stereocenters. The first-order valence-electron chi connectivity index (χ1n) is 7.49. The van der Waals surface area contributed by atoms with E-state index in [0.29, 0.717) is 17.9 Å². The number of carboxylic acid groups (broad SMARTS) is 1. The van der Waals surface area contributed by atoms with Gasteiger partial charge in [0.2, 0.25) is 0 Å². The minimum absolute atomic E-state index is 0.409. The highest BCUT2D eigenvalue weighted by molar-refractivity contribution is 5.89. The standard InChI is InChI=1S/C19H22O2/c1-3-14(2)11-16-9-10-18(19(20)21)17(13-16)12-15-7-5-4-6-8-15/h4-10,13-14H,3,11-12H2,1-2H3,(H,20,21). The summed E-state index contributed by atoms with van der Waals surface area (Å²) in [5, 5.41) is 9.36. The summed E-state index contributed by atoms with van der Waals surface area (Å²) in [6, 6.07) is 15.8. The monoisotopic (exact) mass is 282 g/mol. The number of benzene rings is 2. The van der Waals surface area contributed by atoms with Crippen LogP contribution in [0.3, 0.4) is 0 Å². The first kappa shape index (κ1) is 15.3. The van der Waals surface area contributed by atoms with Crippen LogP contribution in [0.1, 0.15) is 47.3 Å². The second-order valence-corrected chi connectivity index (χ2v) is 5.68. The van der Waals surface area contributed by atoms with E-state index < -0.39 is 5.97 Å². The Morgan fingerprint density at radius 3 is 2.43 bits per heavy atom. The lowest BCUT2D eigenvalue weighted by Crippen LogP contribution is -2.06. The van der Waals surface area contributed by atoms with E-state index in [9.17, 15) is 9.90 Å². The van der Waals surface area contributed by atoms with Gasteiger partial charge in [-0.1, -0.05) is 62.7 Å². The lowest BCUT2D eigenvalue weighted by molar-refractivity contribution is 0.0696. The van der Waals surface area contributed by atoms with E-state index >= 15 is 0 Å². The molecule has 1 unspecified atom stereocenters. The normalized spacial score (nSPS) is 12.1. The van der Waals surface area contributed by atoms with Gasteiger partial charge < -0.3 is 5.11 Å². The average molecular weight is 282 g/mol. The van der Waals surface area contributed by atoms with Crippen LogP contribution >= 0.6 is 0 Å². The molecule has 0 radical (unpaired) electrons. The van der Waals surface area contributed by atoms with Crippen molar-refractivity contribution in [3.05, 3.63) is 70.8 Å². The van der Waals surface area contributed by atoms with Crippen LogP contribution in [-0.4, -0.2) is 11.1 Å². The Hall–Kier alpha value is -2.09. The molecule has 0 bridgehead atoms. The van der Waals surface area contributed by atoms with Gasteiger partial charge in [0.25, 0.3) is 0 Å². The van der Waals surface area contributed by atoms with Crippen molar-refractivity contribution in [2.45, 2.75) is 33.1 Å². The molecular formula is C19H22O2. The van der Waals surface area contributed by atoms with E-state index in [1.807, 2.05) is 36.4 Å².